The second-order valence-electron chi connectivity index (χ2n) is 4.97. The summed E-state index contributed by atoms with van der Waals surface area (Å²) < 4.78 is 5.20. The van der Waals surface area contributed by atoms with E-state index in [1.165, 1.54) is 12.8 Å². The average molecular weight is 298 g/mol. The number of methoxy groups -OCH3 is 1. The molecule has 0 saturated heterocycles. The molecule has 3 nitrogen and oxygen atoms in total. The maximum atomic E-state index is 12.2. The molecule has 0 fully saturated rings. The first-order valence-electron chi connectivity index (χ1n) is 7.24. The largest absolute Gasteiger partial charge is 0.496 e. The molecule has 0 aliphatic carbocycles. The quantitative estimate of drug-likeness (QED) is 0.777. The maximum Gasteiger partial charge on any atom is 0.255 e. The Kier molecular flexibility index (Phi) is 7.45. The molecule has 1 aromatic carbocycles. The van der Waals surface area contributed by atoms with Crippen molar-refractivity contribution in [3.8, 4) is 5.75 Å². The molecule has 1 rings (SSSR count). The number of rotatable bonds is 8. The van der Waals surface area contributed by atoms with Crippen molar-refractivity contribution in [1.82, 2.24) is 5.32 Å². The zero-order chi connectivity index (χ0) is 15.0. The molecule has 1 amide bonds. The van der Waals surface area contributed by atoms with E-state index in [1.807, 2.05) is 0 Å². The lowest BCUT2D eigenvalue weighted by Crippen LogP contribution is -2.29. The van der Waals surface area contributed by atoms with E-state index in [-0.39, 0.29) is 5.91 Å². The minimum atomic E-state index is -0.126. The average Bonchev–Trinajstić information content (AvgIpc) is 2.47. The molecule has 1 N–H and O–H groups in total. The summed E-state index contributed by atoms with van der Waals surface area (Å²) in [5.41, 5.74) is 0.491. The van der Waals surface area contributed by atoms with Gasteiger partial charge in [-0.1, -0.05) is 44.7 Å². The van der Waals surface area contributed by atoms with Gasteiger partial charge in [-0.2, -0.15) is 0 Å². The minimum Gasteiger partial charge on any atom is -0.496 e. The molecule has 0 aliphatic rings. The van der Waals surface area contributed by atoms with Crippen molar-refractivity contribution in [3.05, 3.63) is 28.8 Å². The molecule has 0 heterocycles. The van der Waals surface area contributed by atoms with Crippen molar-refractivity contribution in [1.29, 1.82) is 0 Å². The monoisotopic (exact) mass is 297 g/mol. The maximum absolute atomic E-state index is 12.2. The number of hydrogen-bond acceptors (Lipinski definition) is 2. The molecule has 0 aliphatic heterocycles. The lowest BCUT2D eigenvalue weighted by Gasteiger charge is -2.16. The molecule has 112 valence electrons. The van der Waals surface area contributed by atoms with Crippen LogP contribution in [0.1, 0.15) is 49.9 Å². The first kappa shape index (κ1) is 16.8. The van der Waals surface area contributed by atoms with Crippen LogP contribution in [0.15, 0.2) is 18.2 Å². The number of benzene rings is 1. The molecule has 0 radical (unpaired) electrons. The number of hydrogen-bond donors (Lipinski definition) is 1. The van der Waals surface area contributed by atoms with E-state index in [4.69, 9.17) is 16.3 Å². The van der Waals surface area contributed by atoms with E-state index in [1.54, 1.807) is 25.3 Å². The molecule has 0 spiro atoms. The van der Waals surface area contributed by atoms with Crippen LogP contribution in [0.3, 0.4) is 0 Å². The third-order valence-electron chi connectivity index (χ3n) is 3.50. The highest BCUT2D eigenvalue weighted by molar-refractivity contribution is 6.31. The summed E-state index contributed by atoms with van der Waals surface area (Å²) in [5, 5.41) is 3.52. The summed E-state index contributed by atoms with van der Waals surface area (Å²) in [6.07, 6.45) is 4.62. The number of ether oxygens (including phenoxy) is 1. The van der Waals surface area contributed by atoms with E-state index in [0.29, 0.717) is 28.8 Å². The number of unbranched alkanes of at least 4 members (excludes halogenated alkanes) is 1. The first-order chi connectivity index (χ1) is 9.62. The molecule has 1 atom stereocenters. The molecule has 0 unspecified atom stereocenters. The van der Waals surface area contributed by atoms with E-state index < -0.39 is 0 Å². The van der Waals surface area contributed by atoms with Gasteiger partial charge < -0.3 is 10.1 Å². The van der Waals surface area contributed by atoms with Crippen LogP contribution in [0, 0.1) is 5.92 Å². The van der Waals surface area contributed by atoms with Gasteiger partial charge >= 0.3 is 0 Å². The minimum absolute atomic E-state index is 0.126. The first-order valence-corrected chi connectivity index (χ1v) is 7.61. The van der Waals surface area contributed by atoms with Crippen LogP contribution in [0.2, 0.25) is 5.02 Å². The number of carbonyl (C=O) groups excluding carboxylic acids is 1. The molecular weight excluding hydrogens is 274 g/mol. The van der Waals surface area contributed by atoms with Gasteiger partial charge in [0.2, 0.25) is 0 Å². The molecule has 0 saturated carbocycles. The Morgan fingerprint density at radius 2 is 2.15 bits per heavy atom. The van der Waals surface area contributed by atoms with Gasteiger partial charge in [0.25, 0.3) is 5.91 Å². The van der Waals surface area contributed by atoms with Crippen molar-refractivity contribution >= 4 is 17.5 Å². The number of amides is 1. The Balaban J connectivity index is 2.64. The standard InChI is InChI=1S/C16H24ClNO2/c1-4-6-7-12(5-2)11-18-16(19)14-10-13(17)8-9-15(14)20-3/h8-10,12H,4-7,11H2,1-3H3,(H,18,19)/t12-/m1/s1. The topological polar surface area (TPSA) is 38.3 Å². The Hall–Kier alpha value is -1.22. The summed E-state index contributed by atoms with van der Waals surface area (Å²) in [6.45, 7) is 5.04. The SMILES string of the molecule is CCCC[C@@H](CC)CNC(=O)c1cc(Cl)ccc1OC. The zero-order valence-electron chi connectivity index (χ0n) is 12.5. The van der Waals surface area contributed by atoms with Gasteiger partial charge in [-0.3, -0.25) is 4.79 Å². The van der Waals surface area contributed by atoms with Gasteiger partial charge in [-0.05, 0) is 30.5 Å². The molecule has 1 aromatic rings. The van der Waals surface area contributed by atoms with Crippen molar-refractivity contribution in [2.24, 2.45) is 5.92 Å². The fourth-order valence-corrected chi connectivity index (χ4v) is 2.31. The summed E-state index contributed by atoms with van der Waals surface area (Å²) >= 11 is 5.94. The van der Waals surface area contributed by atoms with Crippen molar-refractivity contribution in [3.63, 3.8) is 0 Å². The van der Waals surface area contributed by atoms with E-state index in [9.17, 15) is 4.79 Å². The Morgan fingerprint density at radius 1 is 1.40 bits per heavy atom. The van der Waals surface area contributed by atoms with E-state index >= 15 is 0 Å². The molecule has 0 aromatic heterocycles. The second kappa shape index (κ2) is 8.85. The van der Waals surface area contributed by atoms with E-state index in [0.717, 1.165) is 12.8 Å². The Morgan fingerprint density at radius 3 is 2.75 bits per heavy atom. The lowest BCUT2D eigenvalue weighted by atomic mass is 9.99. The van der Waals surface area contributed by atoms with Crippen LogP contribution in [0.25, 0.3) is 0 Å². The normalized spacial score (nSPS) is 12.0. The fraction of sp³-hybridized carbons (Fsp3) is 0.562. The van der Waals surface area contributed by atoms with Gasteiger partial charge in [0.15, 0.2) is 0 Å². The third-order valence-corrected chi connectivity index (χ3v) is 3.74. The highest BCUT2D eigenvalue weighted by atomic mass is 35.5. The third kappa shape index (κ3) is 5.04. The Labute approximate surface area is 126 Å². The number of carbonyl (C=O) groups is 1. The van der Waals surface area contributed by atoms with Gasteiger partial charge in [0, 0.05) is 11.6 Å². The fourth-order valence-electron chi connectivity index (χ4n) is 2.13. The van der Waals surface area contributed by atoms with Gasteiger partial charge in [0.05, 0.1) is 12.7 Å². The zero-order valence-corrected chi connectivity index (χ0v) is 13.3. The highest BCUT2D eigenvalue weighted by Crippen LogP contribution is 2.22. The molecule has 20 heavy (non-hydrogen) atoms. The molecule has 4 heteroatoms. The van der Waals surface area contributed by atoms with Crippen molar-refractivity contribution in [2.45, 2.75) is 39.5 Å². The summed E-state index contributed by atoms with van der Waals surface area (Å²) in [4.78, 5) is 12.2. The van der Waals surface area contributed by atoms with Crippen molar-refractivity contribution in [2.75, 3.05) is 13.7 Å². The lowest BCUT2D eigenvalue weighted by molar-refractivity contribution is 0.0943. The molecule has 0 bridgehead atoms. The van der Waals surface area contributed by atoms with Crippen LogP contribution >= 0.6 is 11.6 Å². The summed E-state index contributed by atoms with van der Waals surface area (Å²) in [5.74, 6) is 0.955. The van der Waals surface area contributed by atoms with Crippen molar-refractivity contribution < 1.29 is 9.53 Å². The second-order valence-corrected chi connectivity index (χ2v) is 5.41. The van der Waals surface area contributed by atoms with Crippen LogP contribution in [0.4, 0.5) is 0 Å². The van der Waals surface area contributed by atoms with Gasteiger partial charge in [0.1, 0.15) is 5.75 Å². The number of halogens is 1. The number of nitrogens with one attached hydrogen (secondary N) is 1. The smallest absolute Gasteiger partial charge is 0.255 e. The van der Waals surface area contributed by atoms with Crippen LogP contribution in [0.5, 0.6) is 5.75 Å². The van der Waals surface area contributed by atoms with E-state index in [2.05, 4.69) is 19.2 Å². The van der Waals surface area contributed by atoms with Crippen LogP contribution in [-0.4, -0.2) is 19.6 Å². The van der Waals surface area contributed by atoms with Gasteiger partial charge in [-0.25, -0.2) is 0 Å². The predicted molar refractivity (Wildman–Crippen MR) is 83.6 cm³/mol. The molecular formula is C16H24ClNO2. The predicted octanol–water partition coefficient (Wildman–Crippen LogP) is 4.29. The van der Waals surface area contributed by atoms with Crippen LogP contribution < -0.4 is 10.1 Å². The van der Waals surface area contributed by atoms with Gasteiger partial charge in [-0.15, -0.1) is 0 Å². The Bertz CT molecular complexity index is 434. The highest BCUT2D eigenvalue weighted by Gasteiger charge is 2.14. The summed E-state index contributed by atoms with van der Waals surface area (Å²) in [7, 11) is 1.55. The summed E-state index contributed by atoms with van der Waals surface area (Å²) in [6, 6.07) is 5.07. The van der Waals surface area contributed by atoms with Crippen LogP contribution in [-0.2, 0) is 0 Å².